The van der Waals surface area contributed by atoms with E-state index >= 15 is 0 Å². The summed E-state index contributed by atoms with van der Waals surface area (Å²) in [6.45, 7) is 5.09. The Morgan fingerprint density at radius 3 is 2.89 bits per heavy atom. The van der Waals surface area contributed by atoms with Crippen LogP contribution in [0, 0.1) is 0 Å². The summed E-state index contributed by atoms with van der Waals surface area (Å²) in [7, 11) is 3.54. The van der Waals surface area contributed by atoms with Crippen molar-refractivity contribution < 1.29 is 14.3 Å². The van der Waals surface area contributed by atoms with Gasteiger partial charge in [0.1, 0.15) is 17.6 Å². The third-order valence-electron chi connectivity index (χ3n) is 4.86. The molecular weight excluding hydrogens is 358 g/mol. The Kier molecular flexibility index (Phi) is 7.27. The molecule has 3 rings (SSSR count). The summed E-state index contributed by atoms with van der Waals surface area (Å²) in [5.74, 6) is 1.50. The maximum atomic E-state index is 12.5. The summed E-state index contributed by atoms with van der Waals surface area (Å²) < 4.78 is 12.6. The van der Waals surface area contributed by atoms with Crippen molar-refractivity contribution in [3.05, 3.63) is 48.0 Å². The van der Waals surface area contributed by atoms with E-state index in [4.69, 9.17) is 9.47 Å². The number of urea groups is 1. The van der Waals surface area contributed by atoms with Gasteiger partial charge in [-0.25, -0.2) is 9.78 Å². The quantitative estimate of drug-likeness (QED) is 0.672. The van der Waals surface area contributed by atoms with Crippen molar-refractivity contribution in [2.45, 2.75) is 12.5 Å². The minimum atomic E-state index is -0.366. The highest BCUT2D eigenvalue weighted by molar-refractivity contribution is 5.74. The number of nitrogens with zero attached hydrogens (tertiary/aromatic N) is 3. The van der Waals surface area contributed by atoms with Crippen LogP contribution in [-0.2, 0) is 11.8 Å². The maximum absolute atomic E-state index is 12.5. The lowest BCUT2D eigenvalue weighted by molar-refractivity contribution is 0.0375. The molecule has 2 N–H and O–H groups in total. The average molecular weight is 387 g/mol. The van der Waals surface area contributed by atoms with Gasteiger partial charge in [0, 0.05) is 39.1 Å². The summed E-state index contributed by atoms with van der Waals surface area (Å²) in [5, 5.41) is 6.00. The van der Waals surface area contributed by atoms with E-state index in [9.17, 15) is 4.79 Å². The van der Waals surface area contributed by atoms with Crippen LogP contribution in [0.2, 0.25) is 0 Å². The molecule has 2 aromatic rings. The van der Waals surface area contributed by atoms with Crippen molar-refractivity contribution in [3.63, 3.8) is 0 Å². The highest BCUT2D eigenvalue weighted by Crippen LogP contribution is 2.24. The van der Waals surface area contributed by atoms with Gasteiger partial charge in [-0.05, 0) is 30.7 Å². The normalized spacial score (nSPS) is 15.8. The van der Waals surface area contributed by atoms with Crippen molar-refractivity contribution in [1.29, 1.82) is 0 Å². The lowest BCUT2D eigenvalue weighted by atomic mass is 10.1. The Balaban J connectivity index is 1.58. The largest absolute Gasteiger partial charge is 0.497 e. The van der Waals surface area contributed by atoms with Gasteiger partial charge in [0.15, 0.2) is 0 Å². The van der Waals surface area contributed by atoms with Crippen LogP contribution in [0.1, 0.15) is 23.9 Å². The van der Waals surface area contributed by atoms with E-state index in [1.165, 1.54) is 0 Å². The standard InChI is InChI=1S/C20H29N5O3/c1-24-10-8-21-19(24)18(16-5-3-6-17(15-16)27-2)23-20(26)22-7-4-9-25-11-13-28-14-12-25/h3,5-6,8,10,15,18H,4,7,9,11-14H2,1-2H3,(H2,22,23,26). The average Bonchev–Trinajstić information content (AvgIpc) is 3.16. The molecule has 1 atom stereocenters. The number of hydrogen-bond acceptors (Lipinski definition) is 5. The molecule has 1 aromatic carbocycles. The van der Waals surface area contributed by atoms with Crippen molar-refractivity contribution in [1.82, 2.24) is 25.1 Å². The van der Waals surface area contributed by atoms with Crippen molar-refractivity contribution in [2.75, 3.05) is 46.5 Å². The topological polar surface area (TPSA) is 80.7 Å². The van der Waals surface area contributed by atoms with Crippen LogP contribution >= 0.6 is 0 Å². The number of rotatable bonds is 8. The van der Waals surface area contributed by atoms with Gasteiger partial charge >= 0.3 is 6.03 Å². The lowest BCUT2D eigenvalue weighted by Gasteiger charge is -2.26. The van der Waals surface area contributed by atoms with Crippen molar-refractivity contribution >= 4 is 6.03 Å². The molecule has 28 heavy (non-hydrogen) atoms. The molecule has 1 saturated heterocycles. The van der Waals surface area contributed by atoms with Gasteiger partial charge in [-0.1, -0.05) is 12.1 Å². The molecular formula is C20H29N5O3. The zero-order valence-electron chi connectivity index (χ0n) is 16.6. The molecule has 1 unspecified atom stereocenters. The van der Waals surface area contributed by atoms with Crippen LogP contribution in [0.4, 0.5) is 4.79 Å². The first-order valence-electron chi connectivity index (χ1n) is 9.63. The molecule has 0 spiro atoms. The minimum absolute atomic E-state index is 0.210. The number of hydrogen-bond donors (Lipinski definition) is 2. The van der Waals surface area contributed by atoms with E-state index in [0.717, 1.165) is 56.4 Å². The van der Waals surface area contributed by atoms with Gasteiger partial charge in [-0.2, -0.15) is 0 Å². The zero-order chi connectivity index (χ0) is 19.8. The minimum Gasteiger partial charge on any atom is -0.497 e. The van der Waals surface area contributed by atoms with Gasteiger partial charge in [-0.3, -0.25) is 4.90 Å². The molecule has 8 nitrogen and oxygen atoms in total. The summed E-state index contributed by atoms with van der Waals surface area (Å²) in [6.07, 6.45) is 4.49. The molecule has 1 aliphatic rings. The maximum Gasteiger partial charge on any atom is 0.315 e. The highest BCUT2D eigenvalue weighted by Gasteiger charge is 2.21. The number of nitrogens with one attached hydrogen (secondary N) is 2. The third-order valence-corrected chi connectivity index (χ3v) is 4.86. The van der Waals surface area contributed by atoms with Crippen LogP contribution < -0.4 is 15.4 Å². The molecule has 1 aliphatic heterocycles. The van der Waals surface area contributed by atoms with Crippen LogP contribution in [0.5, 0.6) is 5.75 Å². The molecule has 152 valence electrons. The highest BCUT2D eigenvalue weighted by atomic mass is 16.5. The second kappa shape index (κ2) is 10.1. The van der Waals surface area contributed by atoms with Crippen LogP contribution in [0.15, 0.2) is 36.7 Å². The summed E-state index contributed by atoms with van der Waals surface area (Å²) >= 11 is 0. The van der Waals surface area contributed by atoms with E-state index in [-0.39, 0.29) is 12.1 Å². The van der Waals surface area contributed by atoms with Gasteiger partial charge in [0.25, 0.3) is 0 Å². The molecule has 0 radical (unpaired) electrons. The van der Waals surface area contributed by atoms with Gasteiger partial charge in [0.05, 0.1) is 20.3 Å². The molecule has 1 fully saturated rings. The van der Waals surface area contributed by atoms with Crippen LogP contribution in [0.3, 0.4) is 0 Å². The predicted octanol–water partition coefficient (Wildman–Crippen LogP) is 1.54. The van der Waals surface area contributed by atoms with E-state index in [1.54, 1.807) is 13.3 Å². The fourth-order valence-corrected chi connectivity index (χ4v) is 3.28. The fourth-order valence-electron chi connectivity index (χ4n) is 3.28. The van der Waals surface area contributed by atoms with E-state index in [1.807, 2.05) is 42.1 Å². The first-order chi connectivity index (χ1) is 13.7. The molecule has 1 aromatic heterocycles. The Morgan fingerprint density at radius 1 is 1.36 bits per heavy atom. The molecule has 2 heterocycles. The first kappa shape index (κ1) is 20.2. The van der Waals surface area contributed by atoms with Crippen molar-refractivity contribution in [2.24, 2.45) is 7.05 Å². The van der Waals surface area contributed by atoms with Crippen LogP contribution in [-0.4, -0.2) is 67.0 Å². The summed E-state index contributed by atoms with van der Waals surface area (Å²) in [5.41, 5.74) is 0.914. The molecule has 0 bridgehead atoms. The van der Waals surface area contributed by atoms with Crippen molar-refractivity contribution in [3.8, 4) is 5.75 Å². The Bertz CT molecular complexity index is 758. The van der Waals surface area contributed by atoms with Crippen LogP contribution in [0.25, 0.3) is 0 Å². The molecule has 8 heteroatoms. The van der Waals surface area contributed by atoms with E-state index in [0.29, 0.717) is 6.54 Å². The number of aryl methyl sites for hydroxylation is 1. The Morgan fingerprint density at radius 2 is 2.18 bits per heavy atom. The number of methoxy groups -OCH3 is 1. The van der Waals surface area contributed by atoms with E-state index in [2.05, 4.69) is 20.5 Å². The Labute approximate surface area is 165 Å². The van der Waals surface area contributed by atoms with E-state index < -0.39 is 0 Å². The number of amides is 2. The lowest BCUT2D eigenvalue weighted by Crippen LogP contribution is -2.41. The SMILES string of the molecule is COc1cccc(C(NC(=O)NCCCN2CCOCC2)c2nccn2C)c1. The summed E-state index contributed by atoms with van der Waals surface area (Å²) in [4.78, 5) is 19.3. The van der Waals surface area contributed by atoms with Gasteiger partial charge in [-0.15, -0.1) is 0 Å². The summed E-state index contributed by atoms with van der Waals surface area (Å²) in [6, 6.07) is 7.09. The molecule has 0 aliphatic carbocycles. The monoisotopic (exact) mass is 387 g/mol. The number of morpholine rings is 1. The Hall–Kier alpha value is -2.58. The molecule has 2 amide bonds. The second-order valence-electron chi connectivity index (χ2n) is 6.81. The zero-order valence-corrected chi connectivity index (χ0v) is 16.6. The first-order valence-corrected chi connectivity index (χ1v) is 9.63. The number of ether oxygens (including phenoxy) is 2. The van der Waals surface area contributed by atoms with Gasteiger partial charge in [0.2, 0.25) is 0 Å². The third kappa shape index (κ3) is 5.46. The number of carbonyl (C=O) groups is 1. The molecule has 0 saturated carbocycles. The number of carbonyl (C=O) groups excluding carboxylic acids is 1. The smallest absolute Gasteiger partial charge is 0.315 e. The van der Waals surface area contributed by atoms with Gasteiger partial charge < -0.3 is 24.7 Å². The second-order valence-corrected chi connectivity index (χ2v) is 6.81. The predicted molar refractivity (Wildman–Crippen MR) is 106 cm³/mol. The fraction of sp³-hybridized carbons (Fsp3) is 0.500. The number of imidazole rings is 1. The number of aromatic nitrogens is 2. The number of benzene rings is 1.